The highest BCUT2D eigenvalue weighted by atomic mass is 32.2. The summed E-state index contributed by atoms with van der Waals surface area (Å²) in [5.41, 5.74) is 1.25. The lowest BCUT2D eigenvalue weighted by Gasteiger charge is -2.15. The third-order valence-electron chi connectivity index (χ3n) is 4.79. The second-order valence-electron chi connectivity index (χ2n) is 7.22. The molecule has 1 aliphatic rings. The zero-order valence-corrected chi connectivity index (χ0v) is 18.4. The first kappa shape index (κ1) is 23.1. The number of fused-ring (bicyclic) bond motifs is 1. The second-order valence-corrected chi connectivity index (χ2v) is 9.37. The molecule has 0 saturated heterocycles. The number of rotatable bonds is 7. The Kier molecular flexibility index (Phi) is 6.42. The predicted molar refractivity (Wildman–Crippen MR) is 113 cm³/mol. The molecule has 1 N–H and O–H groups in total. The van der Waals surface area contributed by atoms with E-state index >= 15 is 0 Å². The second kappa shape index (κ2) is 8.89. The largest absolute Gasteiger partial charge is 0.454 e. The Morgan fingerprint density at radius 2 is 1.62 bits per heavy atom. The van der Waals surface area contributed by atoms with E-state index in [1.54, 1.807) is 25.1 Å². The fraction of sp³-hybridized carbons (Fsp3) is 0.238. The number of ether oxygens (including phenoxy) is 1. The number of nitrogens with one attached hydrogen (secondary N) is 1. The minimum Gasteiger partial charge on any atom is -0.454 e. The van der Waals surface area contributed by atoms with Gasteiger partial charge in [0.2, 0.25) is 10.0 Å². The van der Waals surface area contributed by atoms with E-state index in [4.69, 9.17) is 4.74 Å². The van der Waals surface area contributed by atoms with Gasteiger partial charge >= 0.3 is 5.97 Å². The number of imide groups is 1. The maximum Gasteiger partial charge on any atom is 0.326 e. The highest BCUT2D eigenvalue weighted by molar-refractivity contribution is 7.89. The molecule has 0 aliphatic carbocycles. The fourth-order valence-electron chi connectivity index (χ4n) is 3.00. The third-order valence-corrected chi connectivity index (χ3v) is 6.60. The van der Waals surface area contributed by atoms with Gasteiger partial charge in [-0.05, 0) is 36.8 Å². The molecule has 10 nitrogen and oxygen atoms in total. The van der Waals surface area contributed by atoms with Gasteiger partial charge < -0.3 is 10.1 Å². The number of esters is 1. The van der Waals surface area contributed by atoms with Crippen LogP contribution in [0.15, 0.2) is 47.4 Å². The fourth-order valence-corrected chi connectivity index (χ4v) is 3.93. The summed E-state index contributed by atoms with van der Waals surface area (Å²) in [4.78, 5) is 49.6. The summed E-state index contributed by atoms with van der Waals surface area (Å²) >= 11 is 0. The summed E-state index contributed by atoms with van der Waals surface area (Å²) in [7, 11) is -0.917. The van der Waals surface area contributed by atoms with Gasteiger partial charge in [0.1, 0.15) is 6.54 Å². The van der Waals surface area contributed by atoms with Crippen LogP contribution in [0.1, 0.15) is 26.3 Å². The van der Waals surface area contributed by atoms with Crippen molar-refractivity contribution < 1.29 is 32.3 Å². The van der Waals surface area contributed by atoms with Crippen LogP contribution in [0, 0.1) is 6.92 Å². The van der Waals surface area contributed by atoms with Gasteiger partial charge in [-0.3, -0.25) is 24.1 Å². The molecule has 0 saturated carbocycles. The van der Waals surface area contributed by atoms with Crippen LogP contribution in [0.3, 0.4) is 0 Å². The van der Waals surface area contributed by atoms with Crippen molar-refractivity contribution in [1.29, 1.82) is 0 Å². The van der Waals surface area contributed by atoms with E-state index < -0.39 is 46.9 Å². The van der Waals surface area contributed by atoms with E-state index in [9.17, 15) is 27.6 Å². The summed E-state index contributed by atoms with van der Waals surface area (Å²) in [6.07, 6.45) is 0. The van der Waals surface area contributed by atoms with Gasteiger partial charge in [-0.2, -0.15) is 0 Å². The number of hydrogen-bond donors (Lipinski definition) is 1. The number of hydrogen-bond acceptors (Lipinski definition) is 7. The number of carbonyl (C=O) groups excluding carboxylic acids is 4. The highest BCUT2D eigenvalue weighted by Gasteiger charge is 2.36. The van der Waals surface area contributed by atoms with E-state index in [-0.39, 0.29) is 21.7 Å². The zero-order chi connectivity index (χ0) is 23.6. The standard InChI is InChI=1S/C21H21N3O7S/c1-13-8-9-14(32(29,30)23(2)3)10-17(13)22-18(25)12-31-19(26)11-24-20(27)15-6-4-5-7-16(15)21(24)28/h4-10H,11-12H2,1-3H3,(H,22,25). The number of carbonyl (C=O) groups is 4. The molecule has 11 heteroatoms. The number of nitrogens with zero attached hydrogens (tertiary/aromatic N) is 2. The molecule has 2 aromatic carbocycles. The summed E-state index contributed by atoms with van der Waals surface area (Å²) in [5.74, 6) is -2.86. The van der Waals surface area contributed by atoms with Crippen molar-refractivity contribution in [1.82, 2.24) is 9.21 Å². The summed E-state index contributed by atoms with van der Waals surface area (Å²) in [6.45, 7) is 0.372. The van der Waals surface area contributed by atoms with Crippen LogP contribution in [0.5, 0.6) is 0 Å². The molecule has 168 valence electrons. The van der Waals surface area contributed by atoms with Crippen molar-refractivity contribution in [2.75, 3.05) is 32.6 Å². The lowest BCUT2D eigenvalue weighted by atomic mass is 10.1. The Morgan fingerprint density at radius 1 is 1.03 bits per heavy atom. The van der Waals surface area contributed by atoms with E-state index in [0.717, 1.165) is 9.21 Å². The molecule has 3 amide bonds. The molecule has 0 radical (unpaired) electrons. The lowest BCUT2D eigenvalue weighted by Crippen LogP contribution is -2.36. The molecule has 0 unspecified atom stereocenters. The monoisotopic (exact) mass is 459 g/mol. The Hall–Kier alpha value is -3.57. The predicted octanol–water partition coefficient (Wildman–Crippen LogP) is 1.02. The van der Waals surface area contributed by atoms with Crippen molar-refractivity contribution >= 4 is 39.4 Å². The summed E-state index contributed by atoms with van der Waals surface area (Å²) in [6, 6.07) is 10.5. The van der Waals surface area contributed by atoms with Crippen molar-refractivity contribution in [3.8, 4) is 0 Å². The summed E-state index contributed by atoms with van der Waals surface area (Å²) < 4.78 is 30.5. The Morgan fingerprint density at radius 3 is 2.19 bits per heavy atom. The highest BCUT2D eigenvalue weighted by Crippen LogP contribution is 2.23. The van der Waals surface area contributed by atoms with Gasteiger partial charge in [0.05, 0.1) is 16.0 Å². The van der Waals surface area contributed by atoms with Crippen molar-refractivity contribution in [3.05, 3.63) is 59.2 Å². The maximum atomic E-state index is 12.3. The van der Waals surface area contributed by atoms with Gasteiger partial charge in [-0.25, -0.2) is 12.7 Å². The Labute approximate surface area is 184 Å². The first-order valence-corrected chi connectivity index (χ1v) is 10.9. The van der Waals surface area contributed by atoms with Crippen LogP contribution < -0.4 is 5.32 Å². The van der Waals surface area contributed by atoms with Gasteiger partial charge in [-0.1, -0.05) is 18.2 Å². The van der Waals surface area contributed by atoms with Gasteiger partial charge in [0.25, 0.3) is 17.7 Å². The van der Waals surface area contributed by atoms with Crippen molar-refractivity contribution in [3.63, 3.8) is 0 Å². The Balaban J connectivity index is 1.60. The molecule has 1 aliphatic heterocycles. The number of benzene rings is 2. The van der Waals surface area contributed by atoms with Gasteiger partial charge in [0, 0.05) is 19.8 Å². The molecule has 2 aromatic rings. The van der Waals surface area contributed by atoms with Gasteiger partial charge in [0.15, 0.2) is 6.61 Å². The van der Waals surface area contributed by atoms with Crippen LogP contribution in [0.25, 0.3) is 0 Å². The average molecular weight is 459 g/mol. The molecular formula is C21H21N3O7S. The lowest BCUT2D eigenvalue weighted by molar-refractivity contribution is -0.147. The van der Waals surface area contributed by atoms with E-state index in [1.165, 1.54) is 38.4 Å². The number of aryl methyl sites for hydroxylation is 1. The topological polar surface area (TPSA) is 130 Å². The molecular weight excluding hydrogens is 438 g/mol. The maximum absolute atomic E-state index is 12.3. The molecule has 0 bridgehead atoms. The molecule has 0 atom stereocenters. The average Bonchev–Trinajstić information content (AvgIpc) is 2.98. The molecule has 1 heterocycles. The first-order chi connectivity index (χ1) is 15.0. The zero-order valence-electron chi connectivity index (χ0n) is 17.6. The minimum atomic E-state index is -3.70. The Bertz CT molecular complexity index is 1190. The van der Waals surface area contributed by atoms with Gasteiger partial charge in [-0.15, -0.1) is 0 Å². The molecule has 3 rings (SSSR count). The number of sulfonamides is 1. The minimum absolute atomic E-state index is 0.00832. The first-order valence-electron chi connectivity index (χ1n) is 9.46. The van der Waals surface area contributed by atoms with Crippen LogP contribution in [0.2, 0.25) is 0 Å². The van der Waals surface area contributed by atoms with E-state index in [2.05, 4.69) is 5.32 Å². The number of amides is 3. The van der Waals surface area contributed by atoms with E-state index in [1.807, 2.05) is 0 Å². The van der Waals surface area contributed by atoms with Crippen molar-refractivity contribution in [2.24, 2.45) is 0 Å². The smallest absolute Gasteiger partial charge is 0.326 e. The van der Waals surface area contributed by atoms with Crippen LogP contribution >= 0.6 is 0 Å². The molecule has 0 aromatic heterocycles. The third kappa shape index (κ3) is 4.53. The van der Waals surface area contributed by atoms with Crippen LogP contribution in [0.4, 0.5) is 5.69 Å². The van der Waals surface area contributed by atoms with Crippen LogP contribution in [-0.4, -0.2) is 68.6 Å². The normalized spacial score (nSPS) is 13.3. The summed E-state index contributed by atoms with van der Waals surface area (Å²) in [5, 5.41) is 2.50. The van der Waals surface area contributed by atoms with Crippen molar-refractivity contribution in [2.45, 2.75) is 11.8 Å². The number of anilines is 1. The van der Waals surface area contributed by atoms with Crippen LogP contribution in [-0.2, 0) is 24.3 Å². The quantitative estimate of drug-likeness (QED) is 0.483. The molecule has 0 fully saturated rings. The SMILES string of the molecule is Cc1ccc(S(=O)(=O)N(C)C)cc1NC(=O)COC(=O)CN1C(=O)c2ccccc2C1=O. The van der Waals surface area contributed by atoms with E-state index in [0.29, 0.717) is 5.56 Å². The molecule has 0 spiro atoms. The molecule has 32 heavy (non-hydrogen) atoms.